The molecule has 8 nitrogen and oxygen atoms in total. The van der Waals surface area contributed by atoms with Crippen molar-refractivity contribution in [3.05, 3.63) is 29.6 Å². The fraction of sp³-hybridized carbons (Fsp3) is 0.273. The molecule has 4 N–H and O–H groups in total. The maximum absolute atomic E-state index is 11.7. The highest BCUT2D eigenvalue weighted by Crippen LogP contribution is 2.04. The molecular weight excluding hydrogens is 254 g/mol. The Kier molecular flexibility index (Phi) is 5.42. The van der Waals surface area contributed by atoms with E-state index in [0.717, 1.165) is 0 Å². The third-order valence-corrected chi connectivity index (χ3v) is 2.03. The van der Waals surface area contributed by atoms with Gasteiger partial charge >= 0.3 is 5.97 Å². The normalized spacial score (nSPS) is 9.89. The van der Waals surface area contributed by atoms with Gasteiger partial charge in [-0.1, -0.05) is 0 Å². The molecule has 0 aromatic carbocycles. The number of hydrogen-bond acceptors (Lipinski definition) is 5. The van der Waals surface area contributed by atoms with E-state index in [-0.39, 0.29) is 31.0 Å². The van der Waals surface area contributed by atoms with Gasteiger partial charge in [0.2, 0.25) is 5.91 Å². The molecular formula is C11H13N3O5. The number of pyridine rings is 1. The molecule has 8 heteroatoms. The van der Waals surface area contributed by atoms with Crippen molar-refractivity contribution < 1.29 is 24.2 Å². The summed E-state index contributed by atoms with van der Waals surface area (Å²) in [4.78, 5) is 36.7. The minimum absolute atomic E-state index is 0.0872. The number of nitrogens with zero attached hydrogens (tertiary/aromatic N) is 1. The highest BCUT2D eigenvalue weighted by molar-refractivity contribution is 6.03. The van der Waals surface area contributed by atoms with Crippen LogP contribution in [0.25, 0.3) is 0 Å². The second-order valence-corrected chi connectivity index (χ2v) is 3.48. The number of carboxylic acids is 1. The molecule has 0 atom stereocenters. The summed E-state index contributed by atoms with van der Waals surface area (Å²) < 4.78 is 4.83. The van der Waals surface area contributed by atoms with Crippen molar-refractivity contribution >= 4 is 17.8 Å². The van der Waals surface area contributed by atoms with E-state index in [9.17, 15) is 14.4 Å². The third-order valence-electron chi connectivity index (χ3n) is 2.03. The summed E-state index contributed by atoms with van der Waals surface area (Å²) in [5.41, 5.74) is 4.49. The van der Waals surface area contributed by atoms with Crippen LogP contribution in [0, 0.1) is 0 Å². The van der Waals surface area contributed by atoms with Gasteiger partial charge < -0.3 is 20.9 Å². The SMILES string of the molecule is NC(=O)COCCNC(=O)c1ncccc1C(=O)O. The molecule has 102 valence electrons. The fourth-order valence-corrected chi connectivity index (χ4v) is 1.25. The number of rotatable bonds is 7. The molecule has 0 saturated carbocycles. The number of carboxylic acid groups (broad SMARTS) is 1. The lowest BCUT2D eigenvalue weighted by atomic mass is 10.2. The van der Waals surface area contributed by atoms with Crippen LogP contribution in [-0.4, -0.2) is 47.6 Å². The zero-order valence-electron chi connectivity index (χ0n) is 9.96. The molecule has 0 unspecified atom stereocenters. The minimum atomic E-state index is -1.23. The van der Waals surface area contributed by atoms with Gasteiger partial charge in [0.25, 0.3) is 5.91 Å². The average Bonchev–Trinajstić information content (AvgIpc) is 2.37. The zero-order valence-corrected chi connectivity index (χ0v) is 9.96. The van der Waals surface area contributed by atoms with Crippen molar-refractivity contribution in [2.75, 3.05) is 19.8 Å². The summed E-state index contributed by atoms with van der Waals surface area (Å²) in [5.74, 6) is -2.46. The minimum Gasteiger partial charge on any atom is -0.478 e. The van der Waals surface area contributed by atoms with Crippen LogP contribution in [-0.2, 0) is 9.53 Å². The van der Waals surface area contributed by atoms with Crippen LogP contribution in [0.1, 0.15) is 20.8 Å². The average molecular weight is 267 g/mol. The van der Waals surface area contributed by atoms with Crippen molar-refractivity contribution in [1.82, 2.24) is 10.3 Å². The first-order valence-corrected chi connectivity index (χ1v) is 5.35. The van der Waals surface area contributed by atoms with E-state index in [1.54, 1.807) is 0 Å². The van der Waals surface area contributed by atoms with Crippen LogP contribution in [0.4, 0.5) is 0 Å². The molecule has 0 bridgehead atoms. The van der Waals surface area contributed by atoms with E-state index in [1.807, 2.05) is 0 Å². The van der Waals surface area contributed by atoms with Gasteiger partial charge in [-0.05, 0) is 12.1 Å². The number of nitrogens with one attached hydrogen (secondary N) is 1. The number of carbonyl (C=O) groups excluding carboxylic acids is 2. The Morgan fingerprint density at radius 3 is 2.79 bits per heavy atom. The topological polar surface area (TPSA) is 132 Å². The molecule has 0 fully saturated rings. The number of amides is 2. The van der Waals surface area contributed by atoms with E-state index in [1.165, 1.54) is 18.3 Å². The standard InChI is InChI=1S/C11H13N3O5/c12-8(15)6-19-5-4-14-10(16)9-7(11(17)18)2-1-3-13-9/h1-3H,4-6H2,(H2,12,15)(H,14,16)(H,17,18). The highest BCUT2D eigenvalue weighted by Gasteiger charge is 2.16. The van der Waals surface area contributed by atoms with E-state index in [4.69, 9.17) is 15.6 Å². The van der Waals surface area contributed by atoms with Crippen LogP contribution >= 0.6 is 0 Å². The summed E-state index contributed by atoms with van der Waals surface area (Å²) in [6.07, 6.45) is 1.32. The van der Waals surface area contributed by atoms with Gasteiger partial charge in [0.05, 0.1) is 12.2 Å². The lowest BCUT2D eigenvalue weighted by molar-refractivity contribution is -0.122. The maximum atomic E-state index is 11.7. The van der Waals surface area contributed by atoms with Crippen LogP contribution < -0.4 is 11.1 Å². The van der Waals surface area contributed by atoms with E-state index in [0.29, 0.717) is 0 Å². The zero-order chi connectivity index (χ0) is 14.3. The lowest BCUT2D eigenvalue weighted by Crippen LogP contribution is -2.30. The third kappa shape index (κ3) is 4.72. The lowest BCUT2D eigenvalue weighted by Gasteiger charge is -2.06. The van der Waals surface area contributed by atoms with Crippen molar-refractivity contribution in [3.63, 3.8) is 0 Å². The Morgan fingerprint density at radius 1 is 1.42 bits per heavy atom. The van der Waals surface area contributed by atoms with Crippen molar-refractivity contribution in [2.24, 2.45) is 5.73 Å². The number of nitrogens with two attached hydrogens (primary N) is 1. The van der Waals surface area contributed by atoms with E-state index in [2.05, 4.69) is 10.3 Å². The number of ether oxygens (including phenoxy) is 1. The fourth-order valence-electron chi connectivity index (χ4n) is 1.25. The summed E-state index contributed by atoms with van der Waals surface area (Å²) in [7, 11) is 0. The number of primary amides is 1. The summed E-state index contributed by atoms with van der Waals surface area (Å²) in [6.45, 7) is -0.0362. The second kappa shape index (κ2) is 7.07. The predicted molar refractivity (Wildman–Crippen MR) is 63.5 cm³/mol. The Labute approximate surface area is 108 Å². The van der Waals surface area contributed by atoms with Gasteiger partial charge in [-0.2, -0.15) is 0 Å². The van der Waals surface area contributed by atoms with Crippen LogP contribution in [0.3, 0.4) is 0 Å². The summed E-state index contributed by atoms with van der Waals surface area (Å²) in [5, 5.41) is 11.3. The molecule has 0 aliphatic heterocycles. The van der Waals surface area contributed by atoms with Gasteiger partial charge in [0.15, 0.2) is 0 Å². The Hall–Kier alpha value is -2.48. The number of hydrogen-bond donors (Lipinski definition) is 3. The molecule has 0 spiro atoms. The Bertz CT molecular complexity index is 489. The van der Waals surface area contributed by atoms with Gasteiger partial charge in [-0.3, -0.25) is 14.6 Å². The second-order valence-electron chi connectivity index (χ2n) is 3.48. The number of aromatic nitrogens is 1. The number of carbonyl (C=O) groups is 3. The molecule has 0 aliphatic carbocycles. The Morgan fingerprint density at radius 2 is 2.16 bits per heavy atom. The molecule has 0 aliphatic rings. The molecule has 0 saturated heterocycles. The summed E-state index contributed by atoms with van der Waals surface area (Å²) in [6, 6.07) is 2.71. The quantitative estimate of drug-likeness (QED) is 0.543. The highest BCUT2D eigenvalue weighted by atomic mass is 16.5. The maximum Gasteiger partial charge on any atom is 0.338 e. The molecule has 1 rings (SSSR count). The first-order valence-electron chi connectivity index (χ1n) is 5.35. The monoisotopic (exact) mass is 267 g/mol. The van der Waals surface area contributed by atoms with Gasteiger partial charge in [0, 0.05) is 12.7 Å². The van der Waals surface area contributed by atoms with E-state index >= 15 is 0 Å². The largest absolute Gasteiger partial charge is 0.478 e. The van der Waals surface area contributed by atoms with Gasteiger partial charge in [-0.25, -0.2) is 4.79 Å². The van der Waals surface area contributed by atoms with Crippen molar-refractivity contribution in [3.8, 4) is 0 Å². The first kappa shape index (κ1) is 14.6. The molecule has 1 heterocycles. The molecule has 0 radical (unpaired) electrons. The van der Waals surface area contributed by atoms with Gasteiger partial charge in [0.1, 0.15) is 12.3 Å². The van der Waals surface area contributed by atoms with E-state index < -0.39 is 17.8 Å². The molecule has 2 amide bonds. The van der Waals surface area contributed by atoms with Crippen LogP contribution in [0.2, 0.25) is 0 Å². The van der Waals surface area contributed by atoms with Crippen LogP contribution in [0.15, 0.2) is 18.3 Å². The van der Waals surface area contributed by atoms with Crippen molar-refractivity contribution in [1.29, 1.82) is 0 Å². The molecule has 1 aromatic rings. The molecule has 1 aromatic heterocycles. The van der Waals surface area contributed by atoms with Gasteiger partial charge in [-0.15, -0.1) is 0 Å². The smallest absolute Gasteiger partial charge is 0.338 e. The predicted octanol–water partition coefficient (Wildman–Crippen LogP) is -0.988. The first-order chi connectivity index (χ1) is 9.02. The number of aromatic carboxylic acids is 1. The Balaban J connectivity index is 2.50. The summed E-state index contributed by atoms with van der Waals surface area (Å²) >= 11 is 0. The van der Waals surface area contributed by atoms with Crippen molar-refractivity contribution in [2.45, 2.75) is 0 Å². The molecule has 19 heavy (non-hydrogen) atoms. The van der Waals surface area contributed by atoms with Crippen LogP contribution in [0.5, 0.6) is 0 Å².